The molecule has 21 heavy (non-hydrogen) atoms. The van der Waals surface area contributed by atoms with E-state index in [1.54, 1.807) is 6.20 Å². The smallest absolute Gasteiger partial charge is 0.196 e. The molecule has 0 spiro atoms. The molecule has 0 unspecified atom stereocenters. The number of fused-ring (bicyclic) bond motifs is 1. The third-order valence-corrected chi connectivity index (χ3v) is 3.36. The highest BCUT2D eigenvalue weighted by Crippen LogP contribution is 2.28. The minimum atomic E-state index is 0.470. The lowest BCUT2D eigenvalue weighted by Gasteiger charge is -2.05. The quantitative estimate of drug-likeness (QED) is 0.771. The van der Waals surface area contributed by atoms with Gasteiger partial charge in [-0.05, 0) is 25.1 Å². The number of aryl methyl sites for hydroxylation is 1. The molecule has 0 amide bonds. The van der Waals surface area contributed by atoms with E-state index in [2.05, 4.69) is 37.1 Å². The molecule has 0 saturated carbocycles. The van der Waals surface area contributed by atoms with Gasteiger partial charge in [-0.1, -0.05) is 25.5 Å². The van der Waals surface area contributed by atoms with Crippen LogP contribution in [-0.4, -0.2) is 17.6 Å². The van der Waals surface area contributed by atoms with Gasteiger partial charge in [0.2, 0.25) is 0 Å². The van der Waals surface area contributed by atoms with Gasteiger partial charge in [-0.3, -0.25) is 0 Å². The highest BCUT2D eigenvalue weighted by molar-refractivity contribution is 5.82. The van der Waals surface area contributed by atoms with Crippen LogP contribution in [0.15, 0.2) is 39.3 Å². The second-order valence-corrected chi connectivity index (χ2v) is 5.63. The molecule has 2 heterocycles. The van der Waals surface area contributed by atoms with E-state index in [-0.39, 0.29) is 0 Å². The molecule has 0 radical (unpaired) electrons. The minimum absolute atomic E-state index is 0.470. The standard InChI is InChI=1S/C17H20N2O2/c1-11(2)18-7-6-17-19-10-16(21-17)15-9-13-8-12(3)4-5-14(13)20-15/h4-5,8-11,18H,6-7H2,1-3H3. The van der Waals surface area contributed by atoms with Gasteiger partial charge in [-0.15, -0.1) is 0 Å². The fourth-order valence-electron chi connectivity index (χ4n) is 2.29. The van der Waals surface area contributed by atoms with Crippen molar-refractivity contribution in [1.29, 1.82) is 0 Å². The van der Waals surface area contributed by atoms with Crippen molar-refractivity contribution in [1.82, 2.24) is 10.3 Å². The zero-order valence-electron chi connectivity index (χ0n) is 12.6. The van der Waals surface area contributed by atoms with Crippen molar-refractivity contribution in [3.63, 3.8) is 0 Å². The summed E-state index contributed by atoms with van der Waals surface area (Å²) in [6, 6.07) is 8.60. The van der Waals surface area contributed by atoms with E-state index >= 15 is 0 Å². The first-order valence-electron chi connectivity index (χ1n) is 7.30. The van der Waals surface area contributed by atoms with Crippen molar-refractivity contribution in [2.24, 2.45) is 0 Å². The van der Waals surface area contributed by atoms with Gasteiger partial charge < -0.3 is 14.2 Å². The Labute approximate surface area is 124 Å². The number of oxazole rings is 1. The SMILES string of the molecule is Cc1ccc2oc(-c3cnc(CCNC(C)C)o3)cc2c1. The van der Waals surface area contributed by atoms with E-state index in [4.69, 9.17) is 8.83 Å². The normalized spacial score (nSPS) is 11.6. The summed E-state index contributed by atoms with van der Waals surface area (Å²) in [5.74, 6) is 2.14. The van der Waals surface area contributed by atoms with Crippen molar-refractivity contribution in [2.75, 3.05) is 6.54 Å². The number of furan rings is 1. The van der Waals surface area contributed by atoms with Crippen LogP contribution >= 0.6 is 0 Å². The lowest BCUT2D eigenvalue weighted by Crippen LogP contribution is -2.24. The number of aromatic nitrogens is 1. The van der Waals surface area contributed by atoms with Crippen LogP contribution in [0.25, 0.3) is 22.5 Å². The predicted octanol–water partition coefficient (Wildman–Crippen LogP) is 3.94. The number of hydrogen-bond acceptors (Lipinski definition) is 4. The summed E-state index contributed by atoms with van der Waals surface area (Å²) in [6.07, 6.45) is 2.51. The Hall–Kier alpha value is -2.07. The van der Waals surface area contributed by atoms with Gasteiger partial charge in [-0.25, -0.2) is 4.98 Å². The summed E-state index contributed by atoms with van der Waals surface area (Å²) in [6.45, 7) is 7.17. The van der Waals surface area contributed by atoms with E-state index in [0.717, 1.165) is 35.6 Å². The molecule has 2 aromatic heterocycles. The average molecular weight is 284 g/mol. The van der Waals surface area contributed by atoms with Gasteiger partial charge >= 0.3 is 0 Å². The molecule has 0 aliphatic rings. The van der Waals surface area contributed by atoms with Crippen molar-refractivity contribution < 1.29 is 8.83 Å². The van der Waals surface area contributed by atoms with E-state index in [9.17, 15) is 0 Å². The second-order valence-electron chi connectivity index (χ2n) is 5.63. The maximum atomic E-state index is 5.82. The third-order valence-electron chi connectivity index (χ3n) is 3.36. The number of hydrogen-bond donors (Lipinski definition) is 1. The van der Waals surface area contributed by atoms with Gasteiger partial charge in [0.1, 0.15) is 5.58 Å². The first kappa shape index (κ1) is 13.9. The molecule has 1 aromatic carbocycles. The first-order chi connectivity index (χ1) is 10.1. The Morgan fingerprint density at radius 1 is 1.14 bits per heavy atom. The van der Waals surface area contributed by atoms with Crippen molar-refractivity contribution in [3.8, 4) is 11.5 Å². The highest BCUT2D eigenvalue weighted by Gasteiger charge is 2.11. The largest absolute Gasteiger partial charge is 0.453 e. The van der Waals surface area contributed by atoms with Gasteiger partial charge in [0.25, 0.3) is 0 Å². The molecule has 0 atom stereocenters. The van der Waals surface area contributed by atoms with Crippen LogP contribution in [0, 0.1) is 6.92 Å². The second kappa shape index (κ2) is 5.74. The van der Waals surface area contributed by atoms with E-state index in [0.29, 0.717) is 11.8 Å². The topological polar surface area (TPSA) is 51.2 Å². The van der Waals surface area contributed by atoms with Crippen LogP contribution < -0.4 is 5.32 Å². The fourth-order valence-corrected chi connectivity index (χ4v) is 2.29. The summed E-state index contributed by atoms with van der Waals surface area (Å²) < 4.78 is 11.6. The van der Waals surface area contributed by atoms with Crippen LogP contribution in [-0.2, 0) is 6.42 Å². The van der Waals surface area contributed by atoms with E-state index in [1.165, 1.54) is 5.56 Å². The molecule has 4 heteroatoms. The summed E-state index contributed by atoms with van der Waals surface area (Å²) in [4.78, 5) is 4.31. The highest BCUT2D eigenvalue weighted by atomic mass is 16.4. The number of nitrogens with one attached hydrogen (secondary N) is 1. The van der Waals surface area contributed by atoms with Crippen molar-refractivity contribution in [2.45, 2.75) is 33.2 Å². The lowest BCUT2D eigenvalue weighted by molar-refractivity contribution is 0.472. The molecule has 4 nitrogen and oxygen atoms in total. The Kier molecular flexibility index (Phi) is 3.80. The molecular weight excluding hydrogens is 264 g/mol. The zero-order chi connectivity index (χ0) is 14.8. The lowest BCUT2D eigenvalue weighted by atomic mass is 10.2. The maximum Gasteiger partial charge on any atom is 0.196 e. The van der Waals surface area contributed by atoms with Crippen molar-refractivity contribution in [3.05, 3.63) is 41.9 Å². The Bertz CT molecular complexity index is 740. The molecule has 0 fully saturated rings. The predicted molar refractivity (Wildman–Crippen MR) is 83.3 cm³/mol. The fraction of sp³-hybridized carbons (Fsp3) is 0.353. The molecule has 0 saturated heterocycles. The first-order valence-corrected chi connectivity index (χ1v) is 7.30. The third kappa shape index (κ3) is 3.16. The van der Waals surface area contributed by atoms with Gasteiger partial charge in [0.15, 0.2) is 17.4 Å². The summed E-state index contributed by atoms with van der Waals surface area (Å²) in [5.41, 5.74) is 2.09. The molecule has 3 rings (SSSR count). The molecule has 110 valence electrons. The molecule has 1 N–H and O–H groups in total. The van der Waals surface area contributed by atoms with Gasteiger partial charge in [-0.2, -0.15) is 0 Å². The monoisotopic (exact) mass is 284 g/mol. The van der Waals surface area contributed by atoms with Gasteiger partial charge in [0.05, 0.1) is 6.20 Å². The van der Waals surface area contributed by atoms with Gasteiger partial charge in [0, 0.05) is 24.4 Å². The molecule has 3 aromatic rings. The van der Waals surface area contributed by atoms with Crippen molar-refractivity contribution >= 4 is 11.0 Å². The van der Waals surface area contributed by atoms with Crippen LogP contribution in [0.3, 0.4) is 0 Å². The Balaban J connectivity index is 1.78. The van der Waals surface area contributed by atoms with E-state index < -0.39 is 0 Å². The Morgan fingerprint density at radius 3 is 2.81 bits per heavy atom. The van der Waals surface area contributed by atoms with Crippen LogP contribution in [0.5, 0.6) is 0 Å². The summed E-state index contributed by atoms with van der Waals surface area (Å²) in [7, 11) is 0. The zero-order valence-corrected chi connectivity index (χ0v) is 12.6. The summed E-state index contributed by atoms with van der Waals surface area (Å²) in [5, 5.41) is 4.43. The molecule has 0 aliphatic carbocycles. The van der Waals surface area contributed by atoms with Crippen LogP contribution in [0.4, 0.5) is 0 Å². The Morgan fingerprint density at radius 2 is 2.00 bits per heavy atom. The number of nitrogens with zero attached hydrogens (tertiary/aromatic N) is 1. The number of benzene rings is 1. The van der Waals surface area contributed by atoms with E-state index in [1.807, 2.05) is 18.2 Å². The maximum absolute atomic E-state index is 5.82. The molecular formula is C17H20N2O2. The van der Waals surface area contributed by atoms with Crippen LogP contribution in [0.1, 0.15) is 25.3 Å². The molecule has 0 aliphatic heterocycles. The molecule has 0 bridgehead atoms. The number of rotatable bonds is 5. The van der Waals surface area contributed by atoms with Crippen LogP contribution in [0.2, 0.25) is 0 Å². The summed E-state index contributed by atoms with van der Waals surface area (Å²) >= 11 is 0. The average Bonchev–Trinajstić information content (AvgIpc) is 3.03. The minimum Gasteiger partial charge on any atom is -0.453 e.